The summed E-state index contributed by atoms with van der Waals surface area (Å²) in [6.07, 6.45) is 13.1. The lowest BCUT2D eigenvalue weighted by Crippen LogP contribution is -2.40. The van der Waals surface area contributed by atoms with Crippen LogP contribution in [0.2, 0.25) is 0 Å². The second-order valence-corrected chi connectivity index (χ2v) is 5.33. The van der Waals surface area contributed by atoms with Gasteiger partial charge in [-0.1, -0.05) is 32.1 Å². The molecule has 0 aliphatic heterocycles. The lowest BCUT2D eigenvalue weighted by molar-refractivity contribution is 0.264. The first kappa shape index (κ1) is 10.5. The van der Waals surface area contributed by atoms with E-state index in [1.54, 1.807) is 0 Å². The molecule has 1 nitrogen and oxygen atoms in total. The van der Waals surface area contributed by atoms with Gasteiger partial charge in [0.1, 0.15) is 0 Å². The van der Waals surface area contributed by atoms with Gasteiger partial charge in [0.25, 0.3) is 0 Å². The Balaban J connectivity index is 1.72. The summed E-state index contributed by atoms with van der Waals surface area (Å²) < 4.78 is 0. The third-order valence-corrected chi connectivity index (χ3v) is 4.21. The minimum atomic E-state index is 0.776. The van der Waals surface area contributed by atoms with Crippen molar-refractivity contribution in [1.29, 1.82) is 0 Å². The summed E-state index contributed by atoms with van der Waals surface area (Å²) in [7, 11) is 0. The van der Waals surface area contributed by atoms with E-state index in [0.29, 0.717) is 0 Å². The van der Waals surface area contributed by atoms with E-state index in [2.05, 4.69) is 12.2 Å². The molecule has 2 aliphatic rings. The van der Waals surface area contributed by atoms with Crippen molar-refractivity contribution in [1.82, 2.24) is 5.32 Å². The maximum atomic E-state index is 3.85. The Morgan fingerprint density at radius 1 is 0.857 bits per heavy atom. The zero-order valence-electron chi connectivity index (χ0n) is 9.60. The average Bonchev–Trinajstić information content (AvgIpc) is 2.72. The predicted octanol–water partition coefficient (Wildman–Crippen LogP) is 3.49. The quantitative estimate of drug-likeness (QED) is 0.727. The van der Waals surface area contributed by atoms with Gasteiger partial charge in [-0.2, -0.15) is 0 Å². The van der Waals surface area contributed by atoms with Crippen molar-refractivity contribution in [2.45, 2.75) is 76.8 Å². The highest BCUT2D eigenvalue weighted by Gasteiger charge is 2.23. The van der Waals surface area contributed by atoms with Crippen LogP contribution in [-0.2, 0) is 0 Å². The third-order valence-electron chi connectivity index (χ3n) is 4.21. The third kappa shape index (κ3) is 2.73. The van der Waals surface area contributed by atoms with Crippen LogP contribution in [0.15, 0.2) is 0 Å². The summed E-state index contributed by atoms with van der Waals surface area (Å²) >= 11 is 0. The fraction of sp³-hybridized carbons (Fsp3) is 1.00. The molecular formula is C13H25N. The molecule has 2 aliphatic carbocycles. The fourth-order valence-electron chi connectivity index (χ4n) is 3.23. The lowest BCUT2D eigenvalue weighted by Gasteiger charge is -2.30. The molecule has 1 N–H and O–H groups in total. The average molecular weight is 195 g/mol. The minimum absolute atomic E-state index is 0.776. The SMILES string of the molecule is C[C@@H](NC1CCCC1)C1CCCCC1. The van der Waals surface area contributed by atoms with Gasteiger partial charge in [-0.25, -0.2) is 0 Å². The molecule has 0 radical (unpaired) electrons. The number of hydrogen-bond donors (Lipinski definition) is 1. The van der Waals surface area contributed by atoms with E-state index < -0.39 is 0 Å². The van der Waals surface area contributed by atoms with Crippen LogP contribution in [0, 0.1) is 5.92 Å². The Bertz CT molecular complexity index is 155. The number of hydrogen-bond acceptors (Lipinski definition) is 1. The monoisotopic (exact) mass is 195 g/mol. The Morgan fingerprint density at radius 2 is 1.43 bits per heavy atom. The van der Waals surface area contributed by atoms with E-state index in [9.17, 15) is 0 Å². The summed E-state index contributed by atoms with van der Waals surface area (Å²) in [5.74, 6) is 0.976. The number of nitrogens with one attached hydrogen (secondary N) is 1. The molecule has 2 fully saturated rings. The van der Waals surface area contributed by atoms with Crippen molar-refractivity contribution in [2.75, 3.05) is 0 Å². The van der Waals surface area contributed by atoms with E-state index in [-0.39, 0.29) is 0 Å². The molecule has 0 spiro atoms. The minimum Gasteiger partial charge on any atom is -0.311 e. The number of rotatable bonds is 3. The summed E-state index contributed by atoms with van der Waals surface area (Å²) in [6.45, 7) is 2.41. The van der Waals surface area contributed by atoms with Gasteiger partial charge >= 0.3 is 0 Å². The molecule has 0 bridgehead atoms. The van der Waals surface area contributed by atoms with Crippen LogP contribution in [0.4, 0.5) is 0 Å². The molecule has 2 saturated carbocycles. The topological polar surface area (TPSA) is 12.0 Å². The van der Waals surface area contributed by atoms with Crippen LogP contribution in [0.25, 0.3) is 0 Å². The summed E-state index contributed by atoms with van der Waals surface area (Å²) in [5, 5.41) is 3.85. The van der Waals surface area contributed by atoms with Gasteiger partial charge in [-0.15, -0.1) is 0 Å². The zero-order chi connectivity index (χ0) is 9.80. The van der Waals surface area contributed by atoms with Crippen molar-refractivity contribution in [3.05, 3.63) is 0 Å². The highest BCUT2D eigenvalue weighted by atomic mass is 15.0. The molecule has 82 valence electrons. The van der Waals surface area contributed by atoms with E-state index in [4.69, 9.17) is 0 Å². The van der Waals surface area contributed by atoms with Crippen LogP contribution in [0.3, 0.4) is 0 Å². The highest BCUT2D eigenvalue weighted by molar-refractivity contribution is 4.81. The first-order chi connectivity index (χ1) is 6.86. The molecule has 0 aromatic heterocycles. The molecule has 0 heterocycles. The van der Waals surface area contributed by atoms with Crippen molar-refractivity contribution in [2.24, 2.45) is 5.92 Å². The maximum Gasteiger partial charge on any atom is 0.00696 e. The molecule has 0 aromatic rings. The van der Waals surface area contributed by atoms with Gasteiger partial charge in [0.15, 0.2) is 0 Å². The van der Waals surface area contributed by atoms with Crippen LogP contribution < -0.4 is 5.32 Å². The molecule has 1 atom stereocenters. The second kappa shape index (κ2) is 5.16. The van der Waals surface area contributed by atoms with Gasteiger partial charge in [0, 0.05) is 12.1 Å². The Morgan fingerprint density at radius 3 is 2.07 bits per heavy atom. The van der Waals surface area contributed by atoms with E-state index >= 15 is 0 Å². The molecule has 14 heavy (non-hydrogen) atoms. The van der Waals surface area contributed by atoms with Crippen molar-refractivity contribution in [3.8, 4) is 0 Å². The van der Waals surface area contributed by atoms with Crippen molar-refractivity contribution in [3.63, 3.8) is 0 Å². The maximum absolute atomic E-state index is 3.85. The molecule has 1 heteroatoms. The summed E-state index contributed by atoms with van der Waals surface area (Å²) in [6, 6.07) is 1.63. The van der Waals surface area contributed by atoms with Gasteiger partial charge in [0.2, 0.25) is 0 Å². The molecular weight excluding hydrogens is 170 g/mol. The van der Waals surface area contributed by atoms with Crippen molar-refractivity contribution < 1.29 is 0 Å². The normalized spacial score (nSPS) is 28.1. The van der Waals surface area contributed by atoms with Gasteiger partial charge in [-0.3, -0.25) is 0 Å². The van der Waals surface area contributed by atoms with Gasteiger partial charge in [0.05, 0.1) is 0 Å². The smallest absolute Gasteiger partial charge is 0.00696 e. The second-order valence-electron chi connectivity index (χ2n) is 5.33. The van der Waals surface area contributed by atoms with Crippen LogP contribution >= 0.6 is 0 Å². The van der Waals surface area contributed by atoms with Crippen LogP contribution in [-0.4, -0.2) is 12.1 Å². The molecule has 0 amide bonds. The standard InChI is InChI=1S/C13H25N/c1-11(12-7-3-2-4-8-12)14-13-9-5-6-10-13/h11-14H,2-10H2,1H3/t11-/m1/s1. The lowest BCUT2D eigenvalue weighted by atomic mass is 9.84. The Labute approximate surface area is 88.7 Å². The Kier molecular flexibility index (Phi) is 3.86. The van der Waals surface area contributed by atoms with E-state index in [1.165, 1.54) is 57.8 Å². The van der Waals surface area contributed by atoms with E-state index in [0.717, 1.165) is 18.0 Å². The zero-order valence-corrected chi connectivity index (χ0v) is 9.60. The van der Waals surface area contributed by atoms with Crippen LogP contribution in [0.1, 0.15) is 64.7 Å². The largest absolute Gasteiger partial charge is 0.311 e. The molecule has 0 aromatic carbocycles. The first-order valence-corrected chi connectivity index (χ1v) is 6.62. The van der Waals surface area contributed by atoms with Gasteiger partial charge < -0.3 is 5.32 Å². The fourth-order valence-corrected chi connectivity index (χ4v) is 3.23. The van der Waals surface area contributed by atoms with Gasteiger partial charge in [-0.05, 0) is 38.5 Å². The first-order valence-electron chi connectivity index (χ1n) is 6.62. The van der Waals surface area contributed by atoms with Crippen LogP contribution in [0.5, 0.6) is 0 Å². The Hall–Kier alpha value is -0.0400. The summed E-state index contributed by atoms with van der Waals surface area (Å²) in [4.78, 5) is 0. The predicted molar refractivity (Wildman–Crippen MR) is 61.4 cm³/mol. The van der Waals surface area contributed by atoms with Crippen molar-refractivity contribution >= 4 is 0 Å². The molecule has 2 rings (SSSR count). The highest BCUT2D eigenvalue weighted by Crippen LogP contribution is 2.27. The summed E-state index contributed by atoms with van der Waals surface area (Å²) in [5.41, 5.74) is 0. The molecule has 0 unspecified atom stereocenters. The molecule has 0 saturated heterocycles. The van der Waals surface area contributed by atoms with E-state index in [1.807, 2.05) is 0 Å².